The Bertz CT molecular complexity index is 1590. The molecular formula is C51H70O6Ti-4. The standard InChI is InChI=1S/C29H47O.2C10H9O2.C2H5O.Ti/c1-7-21(19(2)3)9-8-20(4)25-12-13-26-24-11-10-22-18-23(30)14-16-28(22,5)27(24)15-17-29(25,26)6;2*1-8(11)7-10(12)9-5-3-2-4-6-9;1-2-3;/h8-10,19-21,23-27H,7,11-18H2,1-6H3;2*2-7H,1H3;2H2,1H3;/q4*-1;/t20?,21-,23+,24+,25-,26?,27?,28+,29-;;;;/m1..../s1. The largest absolute Gasteiger partial charge is 0.855 e. The van der Waals surface area contributed by atoms with E-state index in [-0.39, 0.29) is 57.6 Å². The first-order chi connectivity index (χ1) is 27.0. The smallest absolute Gasteiger partial charge is 0.0768 e. The molecule has 3 saturated carbocycles. The number of allylic oxidation sites excluding steroid dienone is 3. The Morgan fingerprint density at radius 3 is 1.76 bits per heavy atom. The summed E-state index contributed by atoms with van der Waals surface area (Å²) in [5, 5.41) is 21.1. The van der Waals surface area contributed by atoms with Crippen molar-refractivity contribution in [3.63, 3.8) is 0 Å². The van der Waals surface area contributed by atoms with E-state index in [0.717, 1.165) is 67.6 Å². The first kappa shape index (κ1) is 51.1. The minimum Gasteiger partial charge on any atom is -0.855 e. The number of carbonyl (C=O) groups excluding carboxylic acids is 4. The molecule has 0 aromatic heterocycles. The van der Waals surface area contributed by atoms with Crippen molar-refractivity contribution >= 4 is 23.1 Å². The number of carbonyl (C=O) groups is 4. The molecule has 6 rings (SSSR count). The summed E-state index contributed by atoms with van der Waals surface area (Å²) in [5.74, 6) is 4.70. The van der Waals surface area contributed by atoms with Gasteiger partial charge in [0.05, 0.1) is 11.6 Å². The van der Waals surface area contributed by atoms with Gasteiger partial charge in [0.25, 0.3) is 0 Å². The van der Waals surface area contributed by atoms with Gasteiger partial charge in [-0.25, -0.2) is 0 Å². The average molecular weight is 827 g/mol. The van der Waals surface area contributed by atoms with Gasteiger partial charge in [0.1, 0.15) is 0 Å². The van der Waals surface area contributed by atoms with E-state index in [9.17, 15) is 24.3 Å². The quantitative estimate of drug-likeness (QED) is 0.0733. The third-order valence-corrected chi connectivity index (χ3v) is 13.5. The maximum absolute atomic E-state index is 12.2. The third-order valence-electron chi connectivity index (χ3n) is 13.5. The van der Waals surface area contributed by atoms with E-state index in [0.29, 0.717) is 27.9 Å². The second-order valence-electron chi connectivity index (χ2n) is 17.7. The Labute approximate surface area is 366 Å². The molecule has 3 fully saturated rings. The van der Waals surface area contributed by atoms with Crippen LogP contribution in [0.25, 0.3) is 0 Å². The minimum atomic E-state index is -0.337. The molecule has 2 aromatic rings. The Morgan fingerprint density at radius 2 is 1.29 bits per heavy atom. The number of Topliss-reactive ketones (excluding diaryl/α,β-unsaturated/α-hetero) is 4. The van der Waals surface area contributed by atoms with E-state index in [4.69, 9.17) is 5.11 Å². The molecule has 2 aromatic carbocycles. The van der Waals surface area contributed by atoms with Crippen molar-refractivity contribution in [2.75, 3.05) is 6.61 Å². The van der Waals surface area contributed by atoms with Crippen molar-refractivity contribution in [2.24, 2.45) is 52.3 Å². The maximum atomic E-state index is 12.2. The van der Waals surface area contributed by atoms with Crippen LogP contribution in [0.4, 0.5) is 0 Å². The zero-order valence-electron chi connectivity index (χ0n) is 36.8. The van der Waals surface area contributed by atoms with E-state index in [1.165, 1.54) is 52.4 Å². The maximum Gasteiger partial charge on any atom is 0.0768 e. The van der Waals surface area contributed by atoms with Gasteiger partial charge in [0.15, 0.2) is 0 Å². The van der Waals surface area contributed by atoms with Gasteiger partial charge in [-0.1, -0.05) is 115 Å². The van der Waals surface area contributed by atoms with Crippen LogP contribution in [-0.4, -0.2) is 35.8 Å². The molecule has 0 saturated heterocycles. The van der Waals surface area contributed by atoms with Crippen LogP contribution >= 0.6 is 0 Å². The van der Waals surface area contributed by atoms with Crippen molar-refractivity contribution in [1.82, 2.24) is 0 Å². The summed E-state index contributed by atoms with van der Waals surface area (Å²) >= 11 is 0. The first-order valence-electron chi connectivity index (χ1n) is 21.5. The molecule has 4 aliphatic rings. The molecule has 6 nitrogen and oxygen atoms in total. The molecule has 58 heavy (non-hydrogen) atoms. The van der Waals surface area contributed by atoms with Gasteiger partial charge in [-0.15, -0.1) is 60.9 Å². The van der Waals surface area contributed by atoms with Crippen molar-refractivity contribution in [1.29, 1.82) is 0 Å². The predicted molar refractivity (Wildman–Crippen MR) is 228 cm³/mol. The van der Waals surface area contributed by atoms with Crippen LogP contribution in [0.15, 0.2) is 84.5 Å². The number of hydrogen-bond acceptors (Lipinski definition) is 6. The van der Waals surface area contributed by atoms with Gasteiger partial charge in [-0.05, 0) is 117 Å². The Morgan fingerprint density at radius 1 is 0.776 bits per heavy atom. The van der Waals surface area contributed by atoms with E-state index >= 15 is 0 Å². The summed E-state index contributed by atoms with van der Waals surface area (Å²) in [6.45, 7) is 19.0. The molecule has 7 heteroatoms. The van der Waals surface area contributed by atoms with Gasteiger partial charge in [-0.2, -0.15) is 0 Å². The molecule has 0 bridgehead atoms. The number of ketones is 4. The Hall–Kier alpha value is -3.03. The molecule has 3 unspecified atom stereocenters. The topological polar surface area (TPSA) is 114 Å². The van der Waals surface area contributed by atoms with Gasteiger partial charge in [0.2, 0.25) is 0 Å². The Balaban J connectivity index is 0.000000342. The summed E-state index contributed by atoms with van der Waals surface area (Å²) in [6.07, 6.45) is 20.6. The fourth-order valence-electron chi connectivity index (χ4n) is 10.6. The van der Waals surface area contributed by atoms with Crippen molar-refractivity contribution < 1.29 is 51.1 Å². The molecule has 0 amide bonds. The van der Waals surface area contributed by atoms with Gasteiger partial charge in [0, 0.05) is 33.3 Å². The number of rotatable bonds is 11. The zero-order valence-corrected chi connectivity index (χ0v) is 38.4. The zero-order chi connectivity index (χ0) is 42.3. The van der Waals surface area contributed by atoms with Crippen LogP contribution in [0.5, 0.6) is 0 Å². The predicted octanol–water partition coefficient (Wildman–Crippen LogP) is 9.86. The number of benzene rings is 2. The number of hydrogen-bond donors (Lipinski definition) is 0. The van der Waals surface area contributed by atoms with E-state index < -0.39 is 0 Å². The minimum absolute atomic E-state index is 0. The normalized spacial score (nSPS) is 27.7. The molecule has 4 aliphatic carbocycles. The first-order valence-corrected chi connectivity index (χ1v) is 21.5. The molecule has 0 N–H and O–H groups in total. The SMILES string of the molecule is CC(=O)[CH-]C(=O)c1ccccc1.CC(=O)[CH-]C(=O)c1ccccc1.CC[C@H](C=CC(C)[C@H]1CCC2[C@@H]3CC=C4C[C@@H]([O-])CC[C@]4(C)C3CC[C@@]21C)C(C)C.CC[O-].[Ti]. The molecule has 9 atom stereocenters. The van der Waals surface area contributed by atoms with Crippen LogP contribution in [-0.2, 0) is 31.3 Å². The van der Waals surface area contributed by atoms with Gasteiger partial charge >= 0.3 is 0 Å². The van der Waals surface area contributed by atoms with Crippen LogP contribution in [0, 0.1) is 65.1 Å². The average Bonchev–Trinajstić information content (AvgIpc) is 3.53. The van der Waals surface area contributed by atoms with Crippen LogP contribution < -0.4 is 10.2 Å². The van der Waals surface area contributed by atoms with Crippen LogP contribution in [0.3, 0.4) is 0 Å². The second kappa shape index (κ2) is 24.3. The molecule has 318 valence electrons. The van der Waals surface area contributed by atoms with Crippen LogP contribution in [0.2, 0.25) is 0 Å². The fraction of sp³-hybridized carbons (Fsp3) is 0.569. The summed E-state index contributed by atoms with van der Waals surface area (Å²) in [4.78, 5) is 43.5. The Kier molecular flexibility index (Phi) is 21.4. The number of fused-ring (bicyclic) bond motifs is 5. The van der Waals surface area contributed by atoms with Gasteiger partial charge < -0.3 is 29.4 Å². The fourth-order valence-corrected chi connectivity index (χ4v) is 10.6. The van der Waals surface area contributed by atoms with E-state index in [1.807, 2.05) is 12.1 Å². The van der Waals surface area contributed by atoms with Gasteiger partial charge in [-0.3, -0.25) is 0 Å². The second-order valence-corrected chi connectivity index (χ2v) is 17.7. The van der Waals surface area contributed by atoms with Crippen molar-refractivity contribution in [3.8, 4) is 0 Å². The summed E-state index contributed by atoms with van der Waals surface area (Å²) in [6, 6.07) is 17.4. The summed E-state index contributed by atoms with van der Waals surface area (Å²) in [5.41, 5.74) is 3.49. The van der Waals surface area contributed by atoms with Crippen molar-refractivity contribution in [3.05, 3.63) is 108 Å². The summed E-state index contributed by atoms with van der Waals surface area (Å²) in [7, 11) is 0. The molecule has 0 aliphatic heterocycles. The molecular weight excluding hydrogens is 756 g/mol. The molecule has 0 heterocycles. The van der Waals surface area contributed by atoms with Crippen LogP contribution in [0.1, 0.15) is 141 Å². The molecule has 0 radical (unpaired) electrons. The third kappa shape index (κ3) is 13.8. The van der Waals surface area contributed by atoms with Crippen molar-refractivity contribution in [2.45, 2.75) is 126 Å². The monoisotopic (exact) mass is 826 g/mol. The molecule has 0 spiro atoms. The summed E-state index contributed by atoms with van der Waals surface area (Å²) < 4.78 is 0. The van der Waals surface area contributed by atoms with E-state index in [1.54, 1.807) is 61.0 Å². The van der Waals surface area contributed by atoms with E-state index in [2.05, 4.69) is 59.8 Å².